The van der Waals surface area contributed by atoms with E-state index in [0.29, 0.717) is 5.92 Å². The van der Waals surface area contributed by atoms with Crippen molar-refractivity contribution in [1.29, 1.82) is 0 Å². The molecule has 0 bridgehead atoms. The summed E-state index contributed by atoms with van der Waals surface area (Å²) < 4.78 is 22.1. The number of amides is 1. The third-order valence-electron chi connectivity index (χ3n) is 8.80. The normalized spacial score (nSPS) is 33.4. The molecule has 3 saturated heterocycles. The Hall–Kier alpha value is -1.50. The van der Waals surface area contributed by atoms with E-state index in [1.165, 1.54) is 12.8 Å². The van der Waals surface area contributed by atoms with Crippen LogP contribution in [-0.4, -0.2) is 85.7 Å². The Morgan fingerprint density at radius 1 is 1.16 bits per heavy atom. The van der Waals surface area contributed by atoms with Gasteiger partial charge in [-0.05, 0) is 95.5 Å². The largest absolute Gasteiger partial charge is 0.444 e. The molecule has 2 aromatic rings. The van der Waals surface area contributed by atoms with Crippen LogP contribution in [0.25, 0.3) is 11.0 Å². The van der Waals surface area contributed by atoms with Gasteiger partial charge in [0.15, 0.2) is 5.79 Å². The molecular weight excluding hydrogens is 597 g/mol. The summed E-state index contributed by atoms with van der Waals surface area (Å²) in [6.45, 7) is 13.4. The molecule has 2 aromatic heterocycles. The molecule has 9 nitrogen and oxygen atoms in total. The predicted molar refractivity (Wildman–Crippen MR) is 152 cm³/mol. The van der Waals surface area contributed by atoms with Gasteiger partial charge in [-0.3, -0.25) is 4.90 Å². The lowest BCUT2D eigenvalue weighted by Crippen LogP contribution is -2.56. The fourth-order valence-electron chi connectivity index (χ4n) is 7.24. The molecule has 5 heterocycles. The quantitative estimate of drug-likeness (QED) is 0.347. The number of ether oxygens (including phenoxy) is 3. The number of likely N-dealkylation sites (tertiary alicyclic amines) is 2. The van der Waals surface area contributed by atoms with Crippen molar-refractivity contribution in [3.8, 4) is 0 Å². The second kappa shape index (κ2) is 9.55. The van der Waals surface area contributed by atoms with E-state index >= 15 is 0 Å². The molecule has 10 heteroatoms. The van der Waals surface area contributed by atoms with Gasteiger partial charge in [-0.2, -0.15) is 0 Å². The number of fused-ring (bicyclic) bond motifs is 2. The molecule has 4 aliphatic rings. The minimum absolute atomic E-state index is 0.0151. The van der Waals surface area contributed by atoms with E-state index in [1.807, 2.05) is 39.5 Å². The lowest BCUT2D eigenvalue weighted by Gasteiger charge is -2.46. The maximum Gasteiger partial charge on any atom is 0.410 e. The van der Waals surface area contributed by atoms with E-state index in [9.17, 15) is 4.79 Å². The summed E-state index contributed by atoms with van der Waals surface area (Å²) >= 11 is 2.28. The number of aromatic nitrogens is 3. The monoisotopic (exact) mass is 637 g/mol. The predicted octanol–water partition coefficient (Wildman–Crippen LogP) is 4.98. The summed E-state index contributed by atoms with van der Waals surface area (Å²) in [6.07, 6.45) is 9.08. The number of hydrogen-bond donors (Lipinski definition) is 0. The van der Waals surface area contributed by atoms with Gasteiger partial charge in [-0.1, -0.05) is 6.42 Å². The first-order valence-corrected chi connectivity index (χ1v) is 15.1. The van der Waals surface area contributed by atoms with Crippen LogP contribution in [0.2, 0.25) is 0 Å². The zero-order chi connectivity index (χ0) is 26.9. The molecule has 1 saturated carbocycles. The molecule has 38 heavy (non-hydrogen) atoms. The highest BCUT2D eigenvalue weighted by atomic mass is 127. The van der Waals surface area contributed by atoms with Crippen molar-refractivity contribution < 1.29 is 19.0 Å². The van der Waals surface area contributed by atoms with Crippen molar-refractivity contribution in [3.05, 3.63) is 22.3 Å². The van der Waals surface area contributed by atoms with E-state index < -0.39 is 11.4 Å². The lowest BCUT2D eigenvalue weighted by atomic mass is 9.84. The Morgan fingerprint density at radius 2 is 1.95 bits per heavy atom. The highest BCUT2D eigenvalue weighted by molar-refractivity contribution is 14.1. The summed E-state index contributed by atoms with van der Waals surface area (Å²) in [7, 11) is 0. The topological polar surface area (TPSA) is 82.0 Å². The van der Waals surface area contributed by atoms with Crippen molar-refractivity contribution in [2.45, 2.75) is 102 Å². The van der Waals surface area contributed by atoms with Crippen LogP contribution in [-0.2, 0) is 14.2 Å². The summed E-state index contributed by atoms with van der Waals surface area (Å²) in [4.78, 5) is 26.5. The zero-order valence-corrected chi connectivity index (χ0v) is 25.3. The Bertz CT molecular complexity index is 1210. The molecule has 5 atom stereocenters. The Labute approximate surface area is 238 Å². The number of halogens is 1. The van der Waals surface area contributed by atoms with Crippen LogP contribution in [0.1, 0.15) is 72.8 Å². The smallest absolute Gasteiger partial charge is 0.410 e. The summed E-state index contributed by atoms with van der Waals surface area (Å²) in [5, 5.41) is 1.08. The van der Waals surface area contributed by atoms with Gasteiger partial charge in [-0.25, -0.2) is 14.8 Å². The maximum atomic E-state index is 12.9. The van der Waals surface area contributed by atoms with E-state index in [0.717, 1.165) is 60.2 Å². The molecular formula is C28H40IN5O4. The number of rotatable bonds is 3. The van der Waals surface area contributed by atoms with Crippen molar-refractivity contribution in [2.75, 3.05) is 26.2 Å². The van der Waals surface area contributed by atoms with Gasteiger partial charge in [0.1, 0.15) is 27.4 Å². The third-order valence-corrected chi connectivity index (χ3v) is 9.66. The van der Waals surface area contributed by atoms with E-state index in [1.54, 1.807) is 6.33 Å². The number of nitrogens with zero attached hydrogens (tertiary/aromatic N) is 5. The van der Waals surface area contributed by atoms with Crippen LogP contribution in [0, 0.1) is 9.62 Å². The summed E-state index contributed by atoms with van der Waals surface area (Å²) in [5.41, 5.74) is 0.493. The van der Waals surface area contributed by atoms with Crippen molar-refractivity contribution in [1.82, 2.24) is 24.3 Å². The van der Waals surface area contributed by atoms with Gasteiger partial charge in [0.05, 0.1) is 17.5 Å². The van der Waals surface area contributed by atoms with Gasteiger partial charge in [0, 0.05) is 37.3 Å². The molecule has 0 aromatic carbocycles. The van der Waals surface area contributed by atoms with Gasteiger partial charge in [-0.15, -0.1) is 0 Å². The van der Waals surface area contributed by atoms with Crippen LogP contribution in [0.3, 0.4) is 0 Å². The number of carbonyl (C=O) groups is 1. The van der Waals surface area contributed by atoms with E-state index in [-0.39, 0.29) is 29.9 Å². The molecule has 3 aliphatic heterocycles. The number of hydrogen-bond acceptors (Lipinski definition) is 7. The highest BCUT2D eigenvalue weighted by Crippen LogP contribution is 2.49. The molecule has 1 amide bonds. The highest BCUT2D eigenvalue weighted by Gasteiger charge is 2.56. The second-order valence-electron chi connectivity index (χ2n) is 13.0. The molecule has 1 aliphatic carbocycles. The average Bonchev–Trinajstić information content (AvgIpc) is 3.58. The van der Waals surface area contributed by atoms with Crippen molar-refractivity contribution in [3.63, 3.8) is 0 Å². The summed E-state index contributed by atoms with van der Waals surface area (Å²) in [6, 6.07) is 2.27. The first-order chi connectivity index (χ1) is 17.9. The van der Waals surface area contributed by atoms with Crippen LogP contribution < -0.4 is 0 Å². The zero-order valence-electron chi connectivity index (χ0n) is 23.2. The fraction of sp³-hybridized carbons (Fsp3) is 0.750. The van der Waals surface area contributed by atoms with Crippen molar-refractivity contribution in [2.24, 2.45) is 5.92 Å². The number of piperidine rings is 1. The fourth-order valence-corrected chi connectivity index (χ4v) is 7.78. The molecule has 4 fully saturated rings. The molecule has 208 valence electrons. The second-order valence-corrected chi connectivity index (χ2v) is 14.1. The van der Waals surface area contributed by atoms with Crippen LogP contribution >= 0.6 is 22.6 Å². The Balaban J connectivity index is 1.24. The summed E-state index contributed by atoms with van der Waals surface area (Å²) in [5.74, 6) is -0.283. The SMILES string of the molecule is CC(C)(C)OC(=O)N1CCC2(CCCCN2C[C@H]2C[C@@H](n3ccc4c(I)ncnc43)[C@@H]3OC(C)(C)O[C@H]23)C1. The molecule has 6 rings (SSSR count). The standard InChI is InChI=1S/C28H40IN5O4/c1-26(2,3)38-25(35)32-13-10-28(16-32)9-6-7-11-33(28)15-18-14-20(22-21(18)36-27(4,5)37-22)34-12-8-19-23(29)30-17-31-24(19)34/h8,12,17-18,20-22H,6-7,9-11,13-16H2,1-5H3/t18-,20-,21-,22+,28?/m1/s1. The first-order valence-electron chi connectivity index (χ1n) is 14.0. The maximum absolute atomic E-state index is 12.9. The average molecular weight is 638 g/mol. The van der Waals surface area contributed by atoms with Crippen LogP contribution in [0.15, 0.2) is 18.6 Å². The van der Waals surface area contributed by atoms with Crippen LogP contribution in [0.5, 0.6) is 0 Å². The molecule has 1 spiro atoms. The molecule has 0 radical (unpaired) electrons. The Morgan fingerprint density at radius 3 is 2.74 bits per heavy atom. The third kappa shape index (κ3) is 4.83. The minimum atomic E-state index is -0.612. The van der Waals surface area contributed by atoms with Crippen molar-refractivity contribution >= 4 is 39.7 Å². The molecule has 0 N–H and O–H groups in total. The Kier molecular flexibility index (Phi) is 6.72. The van der Waals surface area contributed by atoms with Gasteiger partial charge in [0.2, 0.25) is 0 Å². The van der Waals surface area contributed by atoms with Crippen LogP contribution in [0.4, 0.5) is 4.79 Å². The van der Waals surface area contributed by atoms with E-state index in [4.69, 9.17) is 14.2 Å². The van der Waals surface area contributed by atoms with Gasteiger partial charge >= 0.3 is 6.09 Å². The first kappa shape index (κ1) is 26.7. The minimum Gasteiger partial charge on any atom is -0.444 e. The molecule has 1 unspecified atom stereocenters. The van der Waals surface area contributed by atoms with Gasteiger partial charge in [0.25, 0.3) is 0 Å². The van der Waals surface area contributed by atoms with Gasteiger partial charge < -0.3 is 23.7 Å². The lowest BCUT2D eigenvalue weighted by molar-refractivity contribution is -0.161. The van der Waals surface area contributed by atoms with E-state index in [2.05, 4.69) is 54.3 Å². The number of carbonyl (C=O) groups excluding carboxylic acids is 1.